The topological polar surface area (TPSA) is 78.9 Å². The van der Waals surface area contributed by atoms with Gasteiger partial charge < -0.3 is 14.2 Å². The van der Waals surface area contributed by atoms with E-state index in [2.05, 4.69) is 45.1 Å². The smallest absolute Gasteiger partial charge is 0.306 e. The van der Waals surface area contributed by atoms with Gasteiger partial charge in [-0.2, -0.15) is 0 Å². The zero-order valence-electron chi connectivity index (χ0n) is 43.1. The van der Waals surface area contributed by atoms with Crippen molar-refractivity contribution in [2.45, 2.75) is 316 Å². The fourth-order valence-corrected chi connectivity index (χ4v) is 8.42. The third kappa shape index (κ3) is 50.9. The van der Waals surface area contributed by atoms with Crippen molar-refractivity contribution in [3.05, 3.63) is 24.3 Å². The van der Waals surface area contributed by atoms with Gasteiger partial charge in [0, 0.05) is 19.3 Å². The molecule has 0 fully saturated rings. The summed E-state index contributed by atoms with van der Waals surface area (Å²) in [6, 6.07) is 0. The number of carbonyl (C=O) groups excluding carboxylic acids is 3. The van der Waals surface area contributed by atoms with Gasteiger partial charge in [-0.3, -0.25) is 14.4 Å². The molecule has 0 N–H and O–H groups in total. The molecule has 376 valence electrons. The normalized spacial score (nSPS) is 12.1. The fourth-order valence-electron chi connectivity index (χ4n) is 8.42. The molecule has 1 atom stereocenters. The first-order valence-electron chi connectivity index (χ1n) is 28.3. The number of unbranched alkanes of at least 4 members (excludes halogenated alkanes) is 37. The molecule has 0 heterocycles. The van der Waals surface area contributed by atoms with Gasteiger partial charge in [-0.15, -0.1) is 0 Å². The van der Waals surface area contributed by atoms with Crippen LogP contribution in [0, 0.1) is 0 Å². The van der Waals surface area contributed by atoms with Gasteiger partial charge in [-0.05, 0) is 51.4 Å². The molecule has 0 aromatic rings. The van der Waals surface area contributed by atoms with Crippen molar-refractivity contribution in [3.63, 3.8) is 0 Å². The summed E-state index contributed by atoms with van der Waals surface area (Å²) in [5.74, 6) is -0.851. The standard InChI is InChI=1S/C58H108O6/c1-4-7-10-13-16-19-22-25-27-28-29-30-31-34-36-39-42-45-48-51-57(60)63-54-55(53-62-56(59)50-47-44-41-38-35-32-24-21-18-15-12-9-6-3)64-58(61)52-49-46-43-40-37-33-26-23-20-17-14-11-8-5-2/h16,19,25,27,55H,4-15,17-18,20-24,26,28-54H2,1-3H3/b19-16+,27-25+/t55-/m1/s1. The third-order valence-corrected chi connectivity index (χ3v) is 12.7. The molecule has 0 radical (unpaired) electrons. The lowest BCUT2D eigenvalue weighted by Crippen LogP contribution is -2.30. The van der Waals surface area contributed by atoms with Crippen LogP contribution in [0.1, 0.15) is 310 Å². The predicted molar refractivity (Wildman–Crippen MR) is 275 cm³/mol. The lowest BCUT2D eigenvalue weighted by molar-refractivity contribution is -0.167. The highest BCUT2D eigenvalue weighted by atomic mass is 16.6. The Balaban J connectivity index is 4.30. The zero-order chi connectivity index (χ0) is 46.5. The molecular formula is C58H108O6. The summed E-state index contributed by atoms with van der Waals surface area (Å²) in [5.41, 5.74) is 0. The van der Waals surface area contributed by atoms with Crippen molar-refractivity contribution in [1.82, 2.24) is 0 Å². The van der Waals surface area contributed by atoms with Gasteiger partial charge in [0.05, 0.1) is 0 Å². The van der Waals surface area contributed by atoms with Gasteiger partial charge in [0.1, 0.15) is 13.2 Å². The van der Waals surface area contributed by atoms with Crippen molar-refractivity contribution in [2.24, 2.45) is 0 Å². The second kappa shape index (κ2) is 53.5. The number of hydrogen-bond acceptors (Lipinski definition) is 6. The summed E-state index contributed by atoms with van der Waals surface area (Å²) < 4.78 is 16.9. The van der Waals surface area contributed by atoms with Gasteiger partial charge in [0.25, 0.3) is 0 Å². The Hall–Kier alpha value is -2.11. The Bertz CT molecular complexity index is 1040. The summed E-state index contributed by atoms with van der Waals surface area (Å²) in [7, 11) is 0. The Kier molecular flexibility index (Phi) is 51.7. The van der Waals surface area contributed by atoms with Crippen LogP contribution in [-0.2, 0) is 28.6 Å². The summed E-state index contributed by atoms with van der Waals surface area (Å²) in [5, 5.41) is 0. The molecule has 6 heteroatoms. The minimum Gasteiger partial charge on any atom is -0.462 e. The van der Waals surface area contributed by atoms with Crippen LogP contribution >= 0.6 is 0 Å². The minimum atomic E-state index is -0.767. The van der Waals surface area contributed by atoms with Gasteiger partial charge in [-0.1, -0.05) is 263 Å². The van der Waals surface area contributed by atoms with Gasteiger partial charge >= 0.3 is 17.9 Å². The molecule has 6 nitrogen and oxygen atoms in total. The number of allylic oxidation sites excluding steroid dienone is 4. The van der Waals surface area contributed by atoms with Crippen LogP contribution in [0.2, 0.25) is 0 Å². The second-order valence-corrected chi connectivity index (χ2v) is 19.2. The molecule has 0 aliphatic carbocycles. The van der Waals surface area contributed by atoms with E-state index in [1.165, 1.54) is 205 Å². The minimum absolute atomic E-state index is 0.0669. The van der Waals surface area contributed by atoms with Gasteiger partial charge in [0.15, 0.2) is 6.10 Å². The molecule has 0 amide bonds. The van der Waals surface area contributed by atoms with Crippen LogP contribution in [0.3, 0.4) is 0 Å². The lowest BCUT2D eigenvalue weighted by atomic mass is 10.0. The first-order valence-corrected chi connectivity index (χ1v) is 28.3. The van der Waals surface area contributed by atoms with Crippen molar-refractivity contribution >= 4 is 17.9 Å². The number of ether oxygens (including phenoxy) is 3. The molecule has 0 unspecified atom stereocenters. The van der Waals surface area contributed by atoms with E-state index in [0.717, 1.165) is 64.2 Å². The molecule has 64 heavy (non-hydrogen) atoms. The summed E-state index contributed by atoms with van der Waals surface area (Å²) in [4.78, 5) is 38.1. The van der Waals surface area contributed by atoms with E-state index in [1.54, 1.807) is 0 Å². The predicted octanol–water partition coefficient (Wildman–Crippen LogP) is 18.7. The summed E-state index contributed by atoms with van der Waals surface area (Å²) >= 11 is 0. The third-order valence-electron chi connectivity index (χ3n) is 12.7. The van der Waals surface area contributed by atoms with E-state index in [4.69, 9.17) is 14.2 Å². The molecule has 0 rings (SSSR count). The second-order valence-electron chi connectivity index (χ2n) is 19.2. The van der Waals surface area contributed by atoms with E-state index >= 15 is 0 Å². The highest BCUT2D eigenvalue weighted by Gasteiger charge is 2.19. The van der Waals surface area contributed by atoms with Crippen LogP contribution in [0.4, 0.5) is 0 Å². The van der Waals surface area contributed by atoms with Crippen LogP contribution in [0.15, 0.2) is 24.3 Å². The molecule has 0 aromatic carbocycles. The van der Waals surface area contributed by atoms with E-state index in [0.29, 0.717) is 19.3 Å². The average Bonchev–Trinajstić information content (AvgIpc) is 3.29. The molecule has 0 bridgehead atoms. The van der Waals surface area contributed by atoms with E-state index in [-0.39, 0.29) is 31.1 Å². The number of hydrogen-bond donors (Lipinski definition) is 0. The maximum atomic E-state index is 12.8. The number of esters is 3. The molecule has 0 aliphatic rings. The van der Waals surface area contributed by atoms with Crippen LogP contribution < -0.4 is 0 Å². The highest BCUT2D eigenvalue weighted by molar-refractivity contribution is 5.71. The summed E-state index contributed by atoms with van der Waals surface area (Å²) in [6.07, 6.45) is 61.6. The van der Waals surface area contributed by atoms with Gasteiger partial charge in [0.2, 0.25) is 0 Å². The molecule has 0 aliphatic heterocycles. The van der Waals surface area contributed by atoms with Crippen LogP contribution in [0.5, 0.6) is 0 Å². The molecule has 0 aromatic heterocycles. The molecular weight excluding hydrogens is 793 g/mol. The molecule has 0 saturated heterocycles. The Morgan fingerprint density at radius 1 is 0.312 bits per heavy atom. The van der Waals surface area contributed by atoms with Crippen LogP contribution in [-0.4, -0.2) is 37.2 Å². The first kappa shape index (κ1) is 61.9. The first-order chi connectivity index (χ1) is 31.5. The fraction of sp³-hybridized carbons (Fsp3) is 0.879. The maximum absolute atomic E-state index is 12.8. The number of rotatable bonds is 52. The summed E-state index contributed by atoms with van der Waals surface area (Å²) in [6.45, 7) is 6.65. The maximum Gasteiger partial charge on any atom is 0.306 e. The molecule has 0 saturated carbocycles. The van der Waals surface area contributed by atoms with Gasteiger partial charge in [-0.25, -0.2) is 0 Å². The SMILES string of the molecule is CCCCC/C=C/C/C=C/CCCCCCCCCCCC(=O)OC[C@@H](COC(=O)CCCCCCCCCCCCCCC)OC(=O)CCCCCCCCCCCCCCCC. The van der Waals surface area contributed by atoms with Crippen molar-refractivity contribution in [3.8, 4) is 0 Å². The number of carbonyl (C=O) groups is 3. The zero-order valence-corrected chi connectivity index (χ0v) is 43.1. The Labute approximate surface area is 398 Å². The van der Waals surface area contributed by atoms with Crippen molar-refractivity contribution in [1.29, 1.82) is 0 Å². The Morgan fingerprint density at radius 2 is 0.562 bits per heavy atom. The van der Waals surface area contributed by atoms with Crippen molar-refractivity contribution < 1.29 is 28.6 Å². The quantitative estimate of drug-likeness (QED) is 0.0262. The average molecular weight is 901 g/mol. The van der Waals surface area contributed by atoms with Crippen LogP contribution in [0.25, 0.3) is 0 Å². The monoisotopic (exact) mass is 901 g/mol. The lowest BCUT2D eigenvalue weighted by Gasteiger charge is -2.18. The van der Waals surface area contributed by atoms with E-state index in [9.17, 15) is 14.4 Å². The molecule has 0 spiro atoms. The Morgan fingerprint density at radius 3 is 0.891 bits per heavy atom. The largest absolute Gasteiger partial charge is 0.462 e. The highest BCUT2D eigenvalue weighted by Crippen LogP contribution is 2.17. The van der Waals surface area contributed by atoms with E-state index in [1.807, 2.05) is 0 Å². The van der Waals surface area contributed by atoms with E-state index < -0.39 is 6.10 Å². The van der Waals surface area contributed by atoms with Crippen molar-refractivity contribution in [2.75, 3.05) is 13.2 Å².